The van der Waals surface area contributed by atoms with Crippen LogP contribution in [0.4, 0.5) is 0 Å². The molecule has 0 saturated heterocycles. The fourth-order valence-electron chi connectivity index (χ4n) is 1.62. The minimum Gasteiger partial charge on any atom is -0.327 e. The Morgan fingerprint density at radius 3 is 3.27 bits per heavy atom. The summed E-state index contributed by atoms with van der Waals surface area (Å²) >= 11 is 0. The maximum Gasteiger partial charge on any atom is 0.0522 e. The predicted molar refractivity (Wildman–Crippen MR) is 43.1 cm³/mol. The summed E-state index contributed by atoms with van der Waals surface area (Å²) in [4.78, 5) is 0. The fraction of sp³-hybridized carbons (Fsp3) is 0.625. The van der Waals surface area contributed by atoms with Gasteiger partial charge in [-0.1, -0.05) is 6.92 Å². The summed E-state index contributed by atoms with van der Waals surface area (Å²) in [5.41, 5.74) is 8.49. The van der Waals surface area contributed by atoms with Crippen molar-refractivity contribution in [3.8, 4) is 0 Å². The molecule has 2 unspecified atom stereocenters. The molecule has 1 aromatic rings. The van der Waals surface area contributed by atoms with Crippen LogP contribution in [0.3, 0.4) is 0 Å². The van der Waals surface area contributed by atoms with Crippen LogP contribution in [-0.2, 0) is 12.8 Å². The van der Waals surface area contributed by atoms with Crippen molar-refractivity contribution in [2.45, 2.75) is 25.8 Å². The Hall–Kier alpha value is -0.830. The monoisotopic (exact) mass is 151 g/mol. The molecule has 0 fully saturated rings. The summed E-state index contributed by atoms with van der Waals surface area (Å²) in [5.74, 6) is 0.586. The maximum atomic E-state index is 5.91. The molecule has 0 amide bonds. The number of hydrogen-bond acceptors (Lipinski definition) is 2. The van der Waals surface area contributed by atoms with Crippen molar-refractivity contribution in [2.24, 2.45) is 11.7 Å². The smallest absolute Gasteiger partial charge is 0.0522 e. The first-order valence-corrected chi connectivity index (χ1v) is 4.04. The SMILES string of the molecule is CC1Cc2[nH]ncc2CC1N. The van der Waals surface area contributed by atoms with Crippen molar-refractivity contribution in [1.29, 1.82) is 0 Å². The molecule has 1 aliphatic rings. The number of aromatic nitrogens is 2. The van der Waals surface area contributed by atoms with Gasteiger partial charge in [-0.25, -0.2) is 0 Å². The summed E-state index contributed by atoms with van der Waals surface area (Å²) < 4.78 is 0. The van der Waals surface area contributed by atoms with Crippen molar-refractivity contribution < 1.29 is 0 Å². The number of nitrogens with zero attached hydrogens (tertiary/aromatic N) is 1. The lowest BCUT2D eigenvalue weighted by atomic mass is 9.85. The molecule has 1 heterocycles. The van der Waals surface area contributed by atoms with Crippen LogP contribution >= 0.6 is 0 Å². The third-order valence-corrected chi connectivity index (χ3v) is 2.52. The molecule has 0 bridgehead atoms. The normalized spacial score (nSPS) is 30.0. The van der Waals surface area contributed by atoms with Gasteiger partial charge in [0.2, 0.25) is 0 Å². The zero-order valence-corrected chi connectivity index (χ0v) is 6.67. The average Bonchev–Trinajstić information content (AvgIpc) is 2.36. The van der Waals surface area contributed by atoms with Gasteiger partial charge < -0.3 is 5.73 Å². The van der Waals surface area contributed by atoms with E-state index in [0.29, 0.717) is 12.0 Å². The van der Waals surface area contributed by atoms with Gasteiger partial charge in [-0.05, 0) is 24.3 Å². The first kappa shape index (κ1) is 6.85. The maximum absolute atomic E-state index is 5.91. The number of hydrogen-bond donors (Lipinski definition) is 2. The summed E-state index contributed by atoms with van der Waals surface area (Å²) in [7, 11) is 0. The molecule has 0 aliphatic heterocycles. The molecule has 1 aliphatic carbocycles. The van der Waals surface area contributed by atoms with E-state index in [9.17, 15) is 0 Å². The topological polar surface area (TPSA) is 54.7 Å². The molecule has 3 N–H and O–H groups in total. The summed E-state index contributed by atoms with van der Waals surface area (Å²) in [6, 6.07) is 0.320. The minimum absolute atomic E-state index is 0.320. The van der Waals surface area contributed by atoms with Crippen molar-refractivity contribution >= 4 is 0 Å². The van der Waals surface area contributed by atoms with Crippen LogP contribution in [0.1, 0.15) is 18.2 Å². The van der Waals surface area contributed by atoms with Gasteiger partial charge in [0.1, 0.15) is 0 Å². The molecule has 3 heteroatoms. The van der Waals surface area contributed by atoms with Gasteiger partial charge in [0.05, 0.1) is 6.20 Å². The summed E-state index contributed by atoms with van der Waals surface area (Å²) in [6.45, 7) is 2.19. The molecule has 2 atom stereocenters. The number of fused-ring (bicyclic) bond motifs is 1. The molecule has 1 aromatic heterocycles. The Morgan fingerprint density at radius 1 is 1.64 bits per heavy atom. The molecule has 0 spiro atoms. The second kappa shape index (κ2) is 2.34. The van der Waals surface area contributed by atoms with E-state index in [0.717, 1.165) is 12.8 Å². The predicted octanol–water partition coefficient (Wildman–Crippen LogP) is 0.472. The number of H-pyrrole nitrogens is 1. The van der Waals surface area contributed by atoms with Crippen molar-refractivity contribution in [3.05, 3.63) is 17.5 Å². The summed E-state index contributed by atoms with van der Waals surface area (Å²) in [6.07, 6.45) is 3.92. The van der Waals surface area contributed by atoms with Crippen LogP contribution in [0.25, 0.3) is 0 Å². The van der Waals surface area contributed by atoms with Crippen LogP contribution in [0.5, 0.6) is 0 Å². The number of nitrogens with two attached hydrogens (primary N) is 1. The van der Waals surface area contributed by atoms with E-state index in [-0.39, 0.29) is 0 Å². The van der Waals surface area contributed by atoms with Crippen LogP contribution in [-0.4, -0.2) is 16.2 Å². The second-order valence-corrected chi connectivity index (χ2v) is 3.42. The standard InChI is InChI=1S/C8H13N3/c1-5-2-8-6(3-7(5)9)4-10-11-8/h4-5,7H,2-3,9H2,1H3,(H,10,11). The van der Waals surface area contributed by atoms with Gasteiger partial charge in [0.15, 0.2) is 0 Å². The Labute approximate surface area is 66.0 Å². The molecule has 60 valence electrons. The van der Waals surface area contributed by atoms with Gasteiger partial charge in [0, 0.05) is 11.7 Å². The van der Waals surface area contributed by atoms with E-state index in [1.165, 1.54) is 11.3 Å². The number of rotatable bonds is 0. The molecular weight excluding hydrogens is 138 g/mol. The third-order valence-electron chi connectivity index (χ3n) is 2.52. The van der Waals surface area contributed by atoms with Gasteiger partial charge in [0.25, 0.3) is 0 Å². The lowest BCUT2D eigenvalue weighted by Gasteiger charge is -2.24. The zero-order chi connectivity index (χ0) is 7.84. The minimum atomic E-state index is 0.320. The van der Waals surface area contributed by atoms with E-state index < -0.39 is 0 Å². The first-order chi connectivity index (χ1) is 5.27. The van der Waals surface area contributed by atoms with E-state index in [1.807, 2.05) is 6.20 Å². The Kier molecular flexibility index (Phi) is 1.46. The quantitative estimate of drug-likeness (QED) is 0.566. The summed E-state index contributed by atoms with van der Waals surface area (Å²) in [5, 5.41) is 7.00. The number of nitrogens with one attached hydrogen (secondary N) is 1. The highest BCUT2D eigenvalue weighted by atomic mass is 15.1. The van der Waals surface area contributed by atoms with Gasteiger partial charge in [-0.3, -0.25) is 5.10 Å². The lowest BCUT2D eigenvalue weighted by molar-refractivity contribution is 0.422. The van der Waals surface area contributed by atoms with Crippen molar-refractivity contribution in [3.63, 3.8) is 0 Å². The van der Waals surface area contributed by atoms with E-state index in [1.54, 1.807) is 0 Å². The van der Waals surface area contributed by atoms with Gasteiger partial charge >= 0.3 is 0 Å². The molecule has 3 nitrogen and oxygen atoms in total. The van der Waals surface area contributed by atoms with Crippen LogP contribution in [0.15, 0.2) is 6.20 Å². The fourth-order valence-corrected chi connectivity index (χ4v) is 1.62. The molecule has 0 saturated carbocycles. The van der Waals surface area contributed by atoms with Gasteiger partial charge in [-0.15, -0.1) is 0 Å². The molecule has 0 aromatic carbocycles. The highest BCUT2D eigenvalue weighted by Crippen LogP contribution is 2.21. The van der Waals surface area contributed by atoms with Crippen molar-refractivity contribution in [1.82, 2.24) is 10.2 Å². The Bertz CT molecular complexity index is 229. The van der Waals surface area contributed by atoms with E-state index in [4.69, 9.17) is 5.73 Å². The Balaban J connectivity index is 2.30. The second-order valence-electron chi connectivity index (χ2n) is 3.42. The molecule has 2 rings (SSSR count). The largest absolute Gasteiger partial charge is 0.327 e. The first-order valence-electron chi connectivity index (χ1n) is 4.04. The molecule has 11 heavy (non-hydrogen) atoms. The van der Waals surface area contributed by atoms with Crippen LogP contribution in [0.2, 0.25) is 0 Å². The van der Waals surface area contributed by atoms with E-state index >= 15 is 0 Å². The molecule has 0 radical (unpaired) electrons. The van der Waals surface area contributed by atoms with Crippen molar-refractivity contribution in [2.75, 3.05) is 0 Å². The molecular formula is C8H13N3. The highest BCUT2D eigenvalue weighted by Gasteiger charge is 2.23. The van der Waals surface area contributed by atoms with Gasteiger partial charge in [-0.2, -0.15) is 5.10 Å². The zero-order valence-electron chi connectivity index (χ0n) is 6.67. The van der Waals surface area contributed by atoms with Crippen LogP contribution < -0.4 is 5.73 Å². The highest BCUT2D eigenvalue weighted by molar-refractivity contribution is 5.21. The van der Waals surface area contributed by atoms with E-state index in [2.05, 4.69) is 17.1 Å². The number of aromatic amines is 1. The van der Waals surface area contributed by atoms with Crippen LogP contribution in [0, 0.1) is 5.92 Å². The lowest BCUT2D eigenvalue weighted by Crippen LogP contribution is -2.35. The Morgan fingerprint density at radius 2 is 2.45 bits per heavy atom. The average molecular weight is 151 g/mol. The third kappa shape index (κ3) is 1.05.